The maximum Gasteiger partial charge on any atom is 0.326 e. The maximum absolute atomic E-state index is 12.1. The number of phenols is 1. The third kappa shape index (κ3) is 4.75. The Hall–Kier alpha value is -2.55. The molecule has 0 aliphatic rings. The number of ether oxygens (including phenoxy) is 1. The zero-order valence-corrected chi connectivity index (χ0v) is 16.1. The van der Waals surface area contributed by atoms with Gasteiger partial charge in [0.05, 0.1) is 17.5 Å². The zero-order chi connectivity index (χ0) is 19.9. The van der Waals surface area contributed by atoms with Crippen LogP contribution in [-0.4, -0.2) is 41.7 Å². The molecule has 9 heteroatoms. The number of hydrogen-bond acceptors (Lipinski definition) is 6. The Labute approximate surface area is 151 Å². The van der Waals surface area contributed by atoms with E-state index in [-0.39, 0.29) is 23.8 Å². The first-order valence-electron chi connectivity index (χ1n) is 7.83. The van der Waals surface area contributed by atoms with Gasteiger partial charge in [-0.2, -0.15) is 0 Å². The monoisotopic (exact) mass is 382 g/mol. The van der Waals surface area contributed by atoms with E-state index in [0.717, 1.165) is 6.26 Å². The molecule has 2 aromatic rings. The second kappa shape index (κ2) is 6.64. The van der Waals surface area contributed by atoms with Crippen molar-refractivity contribution in [3.05, 3.63) is 23.9 Å². The molecule has 0 aliphatic heterocycles. The lowest BCUT2D eigenvalue weighted by Crippen LogP contribution is -2.26. The molecule has 0 radical (unpaired) electrons. The van der Waals surface area contributed by atoms with Crippen LogP contribution >= 0.6 is 0 Å². The Morgan fingerprint density at radius 1 is 1.27 bits per heavy atom. The molecule has 0 spiro atoms. The van der Waals surface area contributed by atoms with E-state index in [2.05, 4.69) is 4.72 Å². The highest BCUT2D eigenvalue weighted by atomic mass is 32.2. The number of Topliss-reactive ketones (excluding diaryl/α,β-unsaturated/α-hetero) is 1. The van der Waals surface area contributed by atoms with Crippen LogP contribution in [0.1, 0.15) is 38.1 Å². The first kappa shape index (κ1) is 19.8. The van der Waals surface area contributed by atoms with Crippen LogP contribution in [0.4, 0.5) is 5.69 Å². The number of aromatic nitrogens is 1. The summed E-state index contributed by atoms with van der Waals surface area (Å²) >= 11 is 0. The molecule has 8 nitrogen and oxygen atoms in total. The Kier molecular flexibility index (Phi) is 5.05. The minimum Gasteiger partial charge on any atom is -0.506 e. The Bertz CT molecular complexity index is 983. The van der Waals surface area contributed by atoms with Gasteiger partial charge in [-0.25, -0.2) is 8.42 Å². The number of aromatic hydroxyl groups is 1. The fraction of sp³-hybridized carbons (Fsp3) is 0.412. The van der Waals surface area contributed by atoms with Crippen LogP contribution < -0.4 is 4.72 Å². The Morgan fingerprint density at radius 3 is 2.38 bits per heavy atom. The molecule has 1 aromatic carbocycles. The van der Waals surface area contributed by atoms with E-state index in [1.807, 2.05) is 0 Å². The summed E-state index contributed by atoms with van der Waals surface area (Å²) in [6.07, 6.45) is 2.44. The van der Waals surface area contributed by atoms with Crippen LogP contribution in [0.25, 0.3) is 10.9 Å². The minimum atomic E-state index is -3.61. The number of fused-ring (bicyclic) bond motifs is 1. The van der Waals surface area contributed by atoms with E-state index in [0.29, 0.717) is 16.5 Å². The normalized spacial score (nSPS) is 12.2. The first-order chi connectivity index (χ1) is 11.8. The van der Waals surface area contributed by atoms with Crippen LogP contribution in [-0.2, 0) is 26.1 Å². The van der Waals surface area contributed by atoms with Gasteiger partial charge in [0.2, 0.25) is 10.0 Å². The number of anilines is 1. The fourth-order valence-corrected chi connectivity index (χ4v) is 3.09. The van der Waals surface area contributed by atoms with E-state index < -0.39 is 21.6 Å². The van der Waals surface area contributed by atoms with Crippen molar-refractivity contribution < 1.29 is 27.9 Å². The minimum absolute atomic E-state index is 0.0440. The molecule has 0 unspecified atom stereocenters. The van der Waals surface area contributed by atoms with Crippen molar-refractivity contribution in [3.8, 4) is 5.75 Å². The molecule has 0 amide bonds. The number of carbonyl (C=O) groups is 2. The highest BCUT2D eigenvalue weighted by Gasteiger charge is 2.21. The van der Waals surface area contributed by atoms with Gasteiger partial charge in [-0.15, -0.1) is 0 Å². The van der Waals surface area contributed by atoms with Gasteiger partial charge in [0.1, 0.15) is 17.9 Å². The number of carbonyl (C=O) groups excluding carboxylic acids is 2. The number of hydrogen-bond donors (Lipinski definition) is 2. The lowest BCUT2D eigenvalue weighted by molar-refractivity contribution is -0.155. The van der Waals surface area contributed by atoms with E-state index >= 15 is 0 Å². The first-order valence-corrected chi connectivity index (χ1v) is 9.72. The second-order valence-electron chi connectivity index (χ2n) is 7.07. The van der Waals surface area contributed by atoms with Gasteiger partial charge in [0.25, 0.3) is 0 Å². The highest BCUT2D eigenvalue weighted by Crippen LogP contribution is 2.33. The van der Waals surface area contributed by atoms with Gasteiger partial charge in [0, 0.05) is 23.2 Å². The molecule has 2 N–H and O–H groups in total. The predicted octanol–water partition coefficient (Wildman–Crippen LogP) is 2.26. The van der Waals surface area contributed by atoms with Crippen molar-refractivity contribution >= 4 is 38.4 Å². The lowest BCUT2D eigenvalue weighted by atomic mass is 10.1. The SMILES string of the molecule is CC(=O)c1cn(CC(=O)OC(C)(C)C)c2cc(O)c(NS(C)(=O)=O)cc12. The van der Waals surface area contributed by atoms with Crippen molar-refractivity contribution in [2.45, 2.75) is 39.8 Å². The van der Waals surface area contributed by atoms with Crippen LogP contribution in [0.15, 0.2) is 18.3 Å². The lowest BCUT2D eigenvalue weighted by Gasteiger charge is -2.19. The molecular formula is C17H22N2O6S. The molecule has 0 atom stereocenters. The summed E-state index contributed by atoms with van der Waals surface area (Å²) in [5, 5.41) is 10.5. The number of nitrogens with zero attached hydrogens (tertiary/aromatic N) is 1. The summed E-state index contributed by atoms with van der Waals surface area (Å²) in [6, 6.07) is 2.67. The van der Waals surface area contributed by atoms with Gasteiger partial charge >= 0.3 is 5.97 Å². The molecule has 0 saturated heterocycles. The standard InChI is InChI=1S/C17H22N2O6S/c1-10(20)12-8-19(9-16(22)25-17(2,3)4)14-7-15(21)13(6-11(12)14)18-26(5,23)24/h6-8,18,21H,9H2,1-5H3. The summed E-state index contributed by atoms with van der Waals surface area (Å²) in [5.41, 5.74) is 0.0215. The summed E-state index contributed by atoms with van der Waals surface area (Å²) in [4.78, 5) is 24.0. The van der Waals surface area contributed by atoms with Gasteiger partial charge in [0.15, 0.2) is 5.78 Å². The average Bonchev–Trinajstić information content (AvgIpc) is 2.73. The van der Waals surface area contributed by atoms with E-state index in [4.69, 9.17) is 4.74 Å². The third-order valence-electron chi connectivity index (χ3n) is 3.39. The molecule has 0 fully saturated rings. The molecule has 1 heterocycles. The average molecular weight is 382 g/mol. The summed E-state index contributed by atoms with van der Waals surface area (Å²) < 4.78 is 31.8. The third-order valence-corrected chi connectivity index (χ3v) is 3.98. The molecular weight excluding hydrogens is 360 g/mol. The quantitative estimate of drug-likeness (QED) is 0.466. The van der Waals surface area contributed by atoms with Gasteiger partial charge < -0.3 is 14.4 Å². The highest BCUT2D eigenvalue weighted by molar-refractivity contribution is 7.92. The number of rotatable bonds is 5. The molecule has 142 valence electrons. The molecule has 0 aliphatic carbocycles. The Balaban J connectivity index is 2.55. The van der Waals surface area contributed by atoms with Crippen molar-refractivity contribution in [2.24, 2.45) is 0 Å². The largest absolute Gasteiger partial charge is 0.506 e. The summed E-state index contributed by atoms with van der Waals surface area (Å²) in [6.45, 7) is 6.44. The van der Waals surface area contributed by atoms with E-state index in [1.54, 1.807) is 20.8 Å². The second-order valence-corrected chi connectivity index (χ2v) is 8.82. The molecule has 0 saturated carbocycles. The van der Waals surface area contributed by atoms with Crippen LogP contribution in [0.2, 0.25) is 0 Å². The summed E-state index contributed by atoms with van der Waals surface area (Å²) in [7, 11) is -3.61. The van der Waals surface area contributed by atoms with Crippen molar-refractivity contribution in [2.75, 3.05) is 11.0 Å². The van der Waals surface area contributed by atoms with Gasteiger partial charge in [-0.1, -0.05) is 0 Å². The van der Waals surface area contributed by atoms with Crippen molar-refractivity contribution in [1.29, 1.82) is 0 Å². The molecule has 1 aromatic heterocycles. The van der Waals surface area contributed by atoms with Gasteiger partial charge in [-0.05, 0) is 33.8 Å². The van der Waals surface area contributed by atoms with Crippen LogP contribution in [0.5, 0.6) is 5.75 Å². The smallest absolute Gasteiger partial charge is 0.326 e. The number of esters is 1. The number of benzene rings is 1. The topological polar surface area (TPSA) is 115 Å². The van der Waals surface area contributed by atoms with Gasteiger partial charge in [-0.3, -0.25) is 14.3 Å². The van der Waals surface area contributed by atoms with Crippen molar-refractivity contribution in [1.82, 2.24) is 4.57 Å². The molecule has 0 bridgehead atoms. The zero-order valence-electron chi connectivity index (χ0n) is 15.3. The number of phenolic OH excluding ortho intramolecular Hbond substituents is 1. The number of ketones is 1. The van der Waals surface area contributed by atoms with Crippen molar-refractivity contribution in [3.63, 3.8) is 0 Å². The van der Waals surface area contributed by atoms with E-state index in [9.17, 15) is 23.1 Å². The summed E-state index contributed by atoms with van der Waals surface area (Å²) in [5.74, 6) is -1.07. The number of sulfonamides is 1. The number of nitrogens with one attached hydrogen (secondary N) is 1. The molecule has 26 heavy (non-hydrogen) atoms. The maximum atomic E-state index is 12.1. The Morgan fingerprint density at radius 2 is 1.88 bits per heavy atom. The van der Waals surface area contributed by atoms with Crippen LogP contribution in [0, 0.1) is 0 Å². The fourth-order valence-electron chi connectivity index (χ4n) is 2.53. The predicted molar refractivity (Wildman–Crippen MR) is 97.9 cm³/mol. The van der Waals surface area contributed by atoms with Crippen LogP contribution in [0.3, 0.4) is 0 Å². The molecule has 2 rings (SSSR count). The van der Waals surface area contributed by atoms with E-state index in [1.165, 1.54) is 29.8 Å².